The van der Waals surface area contributed by atoms with Crippen LogP contribution in [0, 0.1) is 0 Å². The molecular formula is C15H14O3. The van der Waals surface area contributed by atoms with Crippen molar-refractivity contribution in [3.8, 4) is 0 Å². The lowest BCUT2D eigenvalue weighted by Crippen LogP contribution is -2.12. The first-order valence-corrected chi connectivity index (χ1v) is 5.67. The average molecular weight is 242 g/mol. The zero-order valence-corrected chi connectivity index (χ0v) is 10.00. The van der Waals surface area contributed by atoms with Gasteiger partial charge in [-0.05, 0) is 30.2 Å². The number of carbonyl (C=O) groups excluding carboxylic acids is 1. The molecule has 2 rings (SSSR count). The zero-order chi connectivity index (χ0) is 13.1. The summed E-state index contributed by atoms with van der Waals surface area (Å²) in [6.45, 7) is 1.65. The van der Waals surface area contributed by atoms with Crippen molar-refractivity contribution < 1.29 is 15.0 Å². The maximum absolute atomic E-state index is 11.9. The van der Waals surface area contributed by atoms with E-state index in [4.69, 9.17) is 0 Å². The Balaban J connectivity index is 2.18. The van der Waals surface area contributed by atoms with Gasteiger partial charge in [0.1, 0.15) is 11.9 Å². The summed E-state index contributed by atoms with van der Waals surface area (Å²) in [5, 5.41) is 19.3. The van der Waals surface area contributed by atoms with Crippen LogP contribution in [0.4, 0.5) is 0 Å². The lowest BCUT2D eigenvalue weighted by molar-refractivity contribution is -0.112. The number of hydrogen-bond acceptors (Lipinski definition) is 3. The van der Waals surface area contributed by atoms with Crippen LogP contribution in [0.5, 0.6) is 0 Å². The minimum Gasteiger partial charge on any atom is -0.507 e. The molecule has 0 amide bonds. The Morgan fingerprint density at radius 1 is 1.28 bits per heavy atom. The molecule has 3 heteroatoms. The fourth-order valence-corrected chi connectivity index (χ4v) is 1.84. The van der Waals surface area contributed by atoms with Crippen LogP contribution in [0.3, 0.4) is 0 Å². The average Bonchev–Trinajstić information content (AvgIpc) is 2.62. The van der Waals surface area contributed by atoms with Crippen LogP contribution in [0.15, 0.2) is 59.4 Å². The summed E-state index contributed by atoms with van der Waals surface area (Å²) in [7, 11) is 0. The molecule has 0 radical (unpaired) electrons. The highest BCUT2D eigenvalue weighted by Gasteiger charge is 2.26. The first-order chi connectivity index (χ1) is 8.59. The number of hydrogen-bond donors (Lipinski definition) is 2. The molecule has 1 atom stereocenters. The lowest BCUT2D eigenvalue weighted by Gasteiger charge is -2.03. The minimum absolute atomic E-state index is 0.0414. The summed E-state index contributed by atoms with van der Waals surface area (Å²) in [6, 6.07) is 9.37. The van der Waals surface area contributed by atoms with Crippen LogP contribution in [0.1, 0.15) is 12.5 Å². The molecule has 1 aromatic carbocycles. The maximum atomic E-state index is 11.9. The SMILES string of the molecule is CC1=CC(O)C(C(=O)/C=C/c2ccccc2)=C1O. The molecule has 0 saturated heterocycles. The number of benzene rings is 1. The Morgan fingerprint density at radius 3 is 2.50 bits per heavy atom. The summed E-state index contributed by atoms with van der Waals surface area (Å²) in [6.07, 6.45) is 3.45. The number of rotatable bonds is 3. The largest absolute Gasteiger partial charge is 0.507 e. The van der Waals surface area contributed by atoms with E-state index in [-0.39, 0.29) is 17.1 Å². The summed E-state index contributed by atoms with van der Waals surface area (Å²) in [5.74, 6) is -0.498. The highest BCUT2D eigenvalue weighted by atomic mass is 16.3. The van der Waals surface area contributed by atoms with Crippen LogP contribution < -0.4 is 0 Å². The van der Waals surface area contributed by atoms with Crippen LogP contribution in [-0.2, 0) is 4.79 Å². The molecule has 0 heterocycles. The Hall–Kier alpha value is -2.13. The Kier molecular flexibility index (Phi) is 3.44. The Bertz CT molecular complexity index is 550. The van der Waals surface area contributed by atoms with Crippen molar-refractivity contribution in [2.24, 2.45) is 0 Å². The predicted molar refractivity (Wildman–Crippen MR) is 69.9 cm³/mol. The summed E-state index contributed by atoms with van der Waals surface area (Å²) < 4.78 is 0. The zero-order valence-electron chi connectivity index (χ0n) is 10.00. The van der Waals surface area contributed by atoms with Gasteiger partial charge in [0, 0.05) is 0 Å². The van der Waals surface area contributed by atoms with E-state index in [2.05, 4.69) is 0 Å². The van der Waals surface area contributed by atoms with Gasteiger partial charge in [0.05, 0.1) is 5.57 Å². The number of ketones is 1. The van der Waals surface area contributed by atoms with E-state index in [1.165, 1.54) is 12.2 Å². The molecule has 2 N–H and O–H groups in total. The fraction of sp³-hybridized carbons (Fsp3) is 0.133. The van der Waals surface area contributed by atoms with Crippen LogP contribution in [0.25, 0.3) is 6.08 Å². The Labute approximate surface area is 105 Å². The topological polar surface area (TPSA) is 57.5 Å². The van der Waals surface area contributed by atoms with E-state index in [1.54, 1.807) is 13.0 Å². The highest BCUT2D eigenvalue weighted by Crippen LogP contribution is 2.25. The third kappa shape index (κ3) is 2.41. The van der Waals surface area contributed by atoms with E-state index in [0.29, 0.717) is 5.57 Å². The van der Waals surface area contributed by atoms with Crippen LogP contribution >= 0.6 is 0 Å². The molecule has 0 aromatic heterocycles. The molecule has 3 nitrogen and oxygen atoms in total. The minimum atomic E-state index is -1.02. The van der Waals surface area contributed by atoms with Gasteiger partial charge in [0.2, 0.25) is 0 Å². The number of carbonyl (C=O) groups is 1. The number of aliphatic hydroxyl groups excluding tert-OH is 2. The van der Waals surface area contributed by atoms with Crippen molar-refractivity contribution in [3.05, 3.63) is 65.0 Å². The number of aliphatic hydroxyl groups is 2. The summed E-state index contributed by atoms with van der Waals surface area (Å²) in [4.78, 5) is 11.9. The second kappa shape index (κ2) is 5.02. The molecule has 92 valence electrons. The summed E-state index contributed by atoms with van der Waals surface area (Å²) in [5.41, 5.74) is 1.46. The van der Waals surface area contributed by atoms with Gasteiger partial charge in [-0.25, -0.2) is 0 Å². The van der Waals surface area contributed by atoms with E-state index in [0.717, 1.165) is 5.56 Å². The smallest absolute Gasteiger partial charge is 0.188 e. The van der Waals surface area contributed by atoms with Gasteiger partial charge >= 0.3 is 0 Å². The molecule has 1 unspecified atom stereocenters. The van der Waals surface area contributed by atoms with Crippen molar-refractivity contribution in [1.29, 1.82) is 0 Å². The van der Waals surface area contributed by atoms with Gasteiger partial charge in [0.25, 0.3) is 0 Å². The molecule has 0 aliphatic heterocycles. The Morgan fingerprint density at radius 2 is 1.94 bits per heavy atom. The van der Waals surface area contributed by atoms with Gasteiger partial charge in [0.15, 0.2) is 5.78 Å². The first-order valence-electron chi connectivity index (χ1n) is 5.67. The molecule has 0 fully saturated rings. The molecule has 0 bridgehead atoms. The van der Waals surface area contributed by atoms with Crippen molar-refractivity contribution in [2.45, 2.75) is 13.0 Å². The second-order valence-corrected chi connectivity index (χ2v) is 4.17. The summed E-state index contributed by atoms with van der Waals surface area (Å²) >= 11 is 0. The third-order valence-electron chi connectivity index (χ3n) is 2.82. The maximum Gasteiger partial charge on any atom is 0.188 e. The molecule has 1 aliphatic carbocycles. The van der Waals surface area contributed by atoms with E-state index in [1.807, 2.05) is 30.3 Å². The first kappa shape index (κ1) is 12.3. The fourth-order valence-electron chi connectivity index (χ4n) is 1.84. The molecule has 0 spiro atoms. The van der Waals surface area contributed by atoms with Crippen LogP contribution in [0.2, 0.25) is 0 Å². The lowest BCUT2D eigenvalue weighted by atomic mass is 10.1. The van der Waals surface area contributed by atoms with Crippen molar-refractivity contribution >= 4 is 11.9 Å². The number of allylic oxidation sites excluding steroid dienone is 2. The van der Waals surface area contributed by atoms with Crippen molar-refractivity contribution in [3.63, 3.8) is 0 Å². The van der Waals surface area contributed by atoms with Gasteiger partial charge in [-0.1, -0.05) is 36.4 Å². The molecule has 0 saturated carbocycles. The van der Waals surface area contributed by atoms with E-state index in [9.17, 15) is 15.0 Å². The molecule has 1 aromatic rings. The van der Waals surface area contributed by atoms with Gasteiger partial charge in [-0.15, -0.1) is 0 Å². The molecule has 1 aliphatic rings. The van der Waals surface area contributed by atoms with Crippen molar-refractivity contribution in [1.82, 2.24) is 0 Å². The quantitative estimate of drug-likeness (QED) is 0.800. The predicted octanol–water partition coefficient (Wildman–Crippen LogP) is 2.40. The second-order valence-electron chi connectivity index (χ2n) is 4.17. The third-order valence-corrected chi connectivity index (χ3v) is 2.82. The standard InChI is InChI=1S/C15H14O3/c1-10-9-13(17)14(15(10)18)12(16)8-7-11-5-3-2-4-6-11/h2-9,13,17-18H,1H3/b8-7+. The molecule has 18 heavy (non-hydrogen) atoms. The monoisotopic (exact) mass is 242 g/mol. The van der Waals surface area contributed by atoms with Gasteiger partial charge < -0.3 is 10.2 Å². The van der Waals surface area contributed by atoms with Crippen LogP contribution in [-0.4, -0.2) is 22.1 Å². The normalized spacial score (nSPS) is 19.4. The molecular weight excluding hydrogens is 228 g/mol. The van der Waals surface area contributed by atoms with E-state index >= 15 is 0 Å². The van der Waals surface area contributed by atoms with E-state index < -0.39 is 6.10 Å². The van der Waals surface area contributed by atoms with Gasteiger partial charge in [-0.3, -0.25) is 4.79 Å². The van der Waals surface area contributed by atoms with Crippen molar-refractivity contribution in [2.75, 3.05) is 0 Å². The van der Waals surface area contributed by atoms with Gasteiger partial charge in [-0.2, -0.15) is 0 Å². The highest BCUT2D eigenvalue weighted by molar-refractivity contribution is 6.08.